The minimum Gasteiger partial charge on any atom is -0.497 e. The molecule has 0 spiro atoms. The van der Waals surface area contributed by atoms with Crippen molar-refractivity contribution in [1.82, 2.24) is 15.2 Å². The second kappa shape index (κ2) is 17.6. The number of amides is 2. The highest BCUT2D eigenvalue weighted by molar-refractivity contribution is 8.00. The molecule has 0 bridgehead atoms. The molecule has 57 heavy (non-hydrogen) atoms. The van der Waals surface area contributed by atoms with E-state index in [1.165, 1.54) is 35.1 Å². The van der Waals surface area contributed by atoms with Crippen LogP contribution in [0.25, 0.3) is 0 Å². The second-order valence-corrected chi connectivity index (χ2v) is 14.9. The maximum Gasteiger partial charge on any atom is 0.355 e. The lowest BCUT2D eigenvalue weighted by molar-refractivity contribution is -0.153. The van der Waals surface area contributed by atoms with E-state index in [-0.39, 0.29) is 23.7 Å². The number of ether oxygens (including phenoxy) is 2. The van der Waals surface area contributed by atoms with Crippen LogP contribution in [0, 0.1) is 0 Å². The van der Waals surface area contributed by atoms with E-state index in [2.05, 4.69) is 58.8 Å². The van der Waals surface area contributed by atoms with E-state index in [4.69, 9.17) is 19.3 Å². The fraction of sp³-hybridized carbons (Fsp3) is 0.159. The first-order chi connectivity index (χ1) is 27.9. The molecule has 7 rings (SSSR count). The standard InChI is InChI=1S/C44H39N5O6S2/c1-4-5-15-30-27-56-41-37(40(51)49(41)38(30)42(52)55-26-29-22-24-34(53-2)25-23-29)46-39(50)36(48-54-3)35-28-57-43(45-35)47-44(31-16-9-6-10-17-31,32-18-11-7-12-19-32)33-20-13-8-14-21-33/h4-25,28,37,41H,1,26-27H2,2-3H3,(H,45,47)(H,46,50)/b15-5+,48-36-. The highest BCUT2D eigenvalue weighted by atomic mass is 32.2. The van der Waals surface area contributed by atoms with Gasteiger partial charge in [0.25, 0.3) is 11.8 Å². The van der Waals surface area contributed by atoms with Crippen LogP contribution in [0.15, 0.2) is 162 Å². The molecule has 2 atom stereocenters. The van der Waals surface area contributed by atoms with E-state index < -0.39 is 34.7 Å². The molecular formula is C44H39N5O6S2. The van der Waals surface area contributed by atoms with E-state index >= 15 is 0 Å². The summed E-state index contributed by atoms with van der Waals surface area (Å²) < 4.78 is 10.9. The van der Waals surface area contributed by atoms with Gasteiger partial charge < -0.3 is 24.9 Å². The number of fused-ring (bicyclic) bond motifs is 1. The third-order valence-electron chi connectivity index (χ3n) is 9.50. The summed E-state index contributed by atoms with van der Waals surface area (Å²) in [7, 11) is 2.91. The number of anilines is 1. The molecule has 288 valence electrons. The molecule has 5 aromatic rings. The number of carbonyl (C=O) groups is 3. The SMILES string of the molecule is C=C/C=C/C1=C(C(=O)OCc2ccc(OC)cc2)N2C(=O)C(NC(=O)/C(=N\OC)c3csc(NC(c4ccccc4)(c4ccccc4)c4ccccc4)n3)C2SC1. The van der Waals surface area contributed by atoms with Crippen molar-refractivity contribution in [3.8, 4) is 5.75 Å². The quantitative estimate of drug-likeness (QED) is 0.0286. The maximum absolute atomic E-state index is 13.9. The van der Waals surface area contributed by atoms with Gasteiger partial charge in [-0.05, 0) is 40.0 Å². The van der Waals surface area contributed by atoms with Crippen molar-refractivity contribution in [2.24, 2.45) is 5.16 Å². The number of carbonyl (C=O) groups excluding carboxylic acids is 3. The minimum absolute atomic E-state index is 0.00468. The first-order valence-electron chi connectivity index (χ1n) is 18.0. The van der Waals surface area contributed by atoms with Crippen LogP contribution in [0.1, 0.15) is 27.9 Å². The molecule has 13 heteroatoms. The number of allylic oxidation sites excluding steroid dienone is 3. The lowest BCUT2D eigenvalue weighted by atomic mass is 9.77. The molecule has 1 fully saturated rings. The summed E-state index contributed by atoms with van der Waals surface area (Å²) in [6, 6.07) is 36.5. The summed E-state index contributed by atoms with van der Waals surface area (Å²) in [5.74, 6) is -0.697. The Morgan fingerprint density at radius 2 is 1.54 bits per heavy atom. The molecule has 2 unspecified atom stereocenters. The number of β-lactam (4-membered cyclic amide) rings is 1. The van der Waals surface area contributed by atoms with Crippen LogP contribution in [-0.2, 0) is 36.1 Å². The number of thiazole rings is 1. The molecule has 2 N–H and O–H groups in total. The van der Waals surface area contributed by atoms with Crippen LogP contribution in [-0.4, -0.2) is 64.8 Å². The summed E-state index contributed by atoms with van der Waals surface area (Å²) in [6.07, 6.45) is 5.02. The van der Waals surface area contributed by atoms with Gasteiger partial charge >= 0.3 is 5.97 Å². The molecule has 0 aliphatic carbocycles. The molecule has 2 amide bonds. The molecule has 1 aromatic heterocycles. The number of nitrogens with zero attached hydrogens (tertiary/aromatic N) is 3. The van der Waals surface area contributed by atoms with Gasteiger partial charge in [0.2, 0.25) is 0 Å². The molecule has 2 aliphatic rings. The zero-order valence-corrected chi connectivity index (χ0v) is 32.8. The fourth-order valence-electron chi connectivity index (χ4n) is 6.77. The van der Waals surface area contributed by atoms with Crippen LogP contribution >= 0.6 is 23.1 Å². The van der Waals surface area contributed by atoms with Crippen LogP contribution in [0.2, 0.25) is 0 Å². The minimum atomic E-state index is -0.947. The first kappa shape index (κ1) is 38.8. The third-order valence-corrected chi connectivity index (χ3v) is 11.6. The monoisotopic (exact) mass is 797 g/mol. The van der Waals surface area contributed by atoms with Crippen molar-refractivity contribution >= 4 is 51.7 Å². The summed E-state index contributed by atoms with van der Waals surface area (Å²) in [5.41, 5.74) is 3.75. The molecule has 11 nitrogen and oxygen atoms in total. The number of hydrogen-bond acceptors (Lipinski definition) is 11. The Morgan fingerprint density at radius 1 is 0.930 bits per heavy atom. The number of methoxy groups -OCH3 is 1. The highest BCUT2D eigenvalue weighted by Crippen LogP contribution is 2.42. The number of aromatic nitrogens is 1. The lowest BCUT2D eigenvalue weighted by Gasteiger charge is -2.49. The van der Waals surface area contributed by atoms with Gasteiger partial charge in [-0.1, -0.05) is 133 Å². The average Bonchev–Trinajstić information content (AvgIpc) is 3.73. The average molecular weight is 798 g/mol. The second-order valence-electron chi connectivity index (χ2n) is 12.9. The maximum atomic E-state index is 13.9. The Bertz CT molecular complexity index is 2230. The Labute approximate surface area is 338 Å². The van der Waals surface area contributed by atoms with Crippen LogP contribution in [0.5, 0.6) is 5.75 Å². The van der Waals surface area contributed by atoms with Gasteiger partial charge in [-0.15, -0.1) is 23.1 Å². The first-order valence-corrected chi connectivity index (χ1v) is 19.9. The van der Waals surface area contributed by atoms with Crippen molar-refractivity contribution in [3.63, 3.8) is 0 Å². The Balaban J connectivity index is 1.12. The van der Waals surface area contributed by atoms with Crippen molar-refractivity contribution in [3.05, 3.63) is 185 Å². The van der Waals surface area contributed by atoms with Gasteiger partial charge in [-0.25, -0.2) is 9.78 Å². The number of esters is 1. The number of benzene rings is 4. The van der Waals surface area contributed by atoms with Crippen molar-refractivity contribution in [2.45, 2.75) is 23.6 Å². The number of thioether (sulfide) groups is 1. The van der Waals surface area contributed by atoms with E-state index in [1.54, 1.807) is 55.0 Å². The largest absolute Gasteiger partial charge is 0.497 e. The van der Waals surface area contributed by atoms with Crippen molar-refractivity contribution in [2.75, 3.05) is 25.3 Å². The fourth-order valence-corrected chi connectivity index (χ4v) is 8.84. The molecule has 1 saturated heterocycles. The Morgan fingerprint density at radius 3 is 2.11 bits per heavy atom. The highest BCUT2D eigenvalue weighted by Gasteiger charge is 2.54. The predicted octanol–water partition coefficient (Wildman–Crippen LogP) is 7.05. The van der Waals surface area contributed by atoms with E-state index in [9.17, 15) is 14.4 Å². The molecule has 0 saturated carbocycles. The van der Waals surface area contributed by atoms with Crippen LogP contribution in [0.4, 0.5) is 5.13 Å². The van der Waals surface area contributed by atoms with Crippen molar-refractivity contribution < 1.29 is 28.7 Å². The number of nitrogens with one attached hydrogen (secondary N) is 2. The molecule has 3 heterocycles. The number of hydrogen-bond donors (Lipinski definition) is 2. The normalized spacial score (nSPS) is 16.7. The molecular weight excluding hydrogens is 759 g/mol. The van der Waals surface area contributed by atoms with Gasteiger partial charge in [0.15, 0.2) is 10.8 Å². The smallest absolute Gasteiger partial charge is 0.355 e. The van der Waals surface area contributed by atoms with Gasteiger partial charge in [0, 0.05) is 11.1 Å². The van der Waals surface area contributed by atoms with E-state index in [0.717, 1.165) is 22.3 Å². The van der Waals surface area contributed by atoms with E-state index in [0.29, 0.717) is 22.2 Å². The van der Waals surface area contributed by atoms with Crippen LogP contribution in [0.3, 0.4) is 0 Å². The lowest BCUT2D eigenvalue weighted by Crippen LogP contribution is -2.71. The summed E-state index contributed by atoms with van der Waals surface area (Å²) in [4.78, 5) is 52.7. The topological polar surface area (TPSA) is 131 Å². The van der Waals surface area contributed by atoms with Gasteiger partial charge in [-0.2, -0.15) is 0 Å². The number of rotatable bonds is 15. The molecule has 4 aromatic carbocycles. The van der Waals surface area contributed by atoms with Crippen molar-refractivity contribution in [1.29, 1.82) is 0 Å². The number of oxime groups is 1. The van der Waals surface area contributed by atoms with Gasteiger partial charge in [0.05, 0.1) is 7.11 Å². The Hall–Kier alpha value is -6.44. The van der Waals surface area contributed by atoms with E-state index in [1.807, 2.05) is 54.6 Å². The van der Waals surface area contributed by atoms with Gasteiger partial charge in [0.1, 0.15) is 47.8 Å². The molecule has 2 aliphatic heterocycles. The summed E-state index contributed by atoms with van der Waals surface area (Å²) in [6.45, 7) is 3.72. The van der Waals surface area contributed by atoms with Crippen LogP contribution < -0.4 is 15.4 Å². The Kier molecular flexibility index (Phi) is 12.0. The zero-order valence-electron chi connectivity index (χ0n) is 31.2. The third kappa shape index (κ3) is 7.98. The summed E-state index contributed by atoms with van der Waals surface area (Å²) >= 11 is 2.73. The summed E-state index contributed by atoms with van der Waals surface area (Å²) in [5, 5.41) is 12.3. The predicted molar refractivity (Wildman–Crippen MR) is 223 cm³/mol. The van der Waals surface area contributed by atoms with Gasteiger partial charge in [-0.3, -0.25) is 14.5 Å². The molecule has 0 radical (unpaired) electrons. The zero-order chi connectivity index (χ0) is 39.8.